The Hall–Kier alpha value is -1.32. The summed E-state index contributed by atoms with van der Waals surface area (Å²) < 4.78 is 0. The third-order valence-electron chi connectivity index (χ3n) is 0.701. The van der Waals surface area contributed by atoms with Gasteiger partial charge in [-0.15, -0.1) is 12.6 Å². The van der Waals surface area contributed by atoms with Crippen molar-refractivity contribution in [1.29, 1.82) is 0 Å². The minimum absolute atomic E-state index is 0.486. The minimum atomic E-state index is -0.511. The van der Waals surface area contributed by atoms with Gasteiger partial charge < -0.3 is 5.32 Å². The fourth-order valence-electron chi connectivity index (χ4n) is 0.321. The van der Waals surface area contributed by atoms with Crippen LogP contribution in [0.2, 0.25) is 0 Å². The first kappa shape index (κ1) is 8.68. The highest BCUT2D eigenvalue weighted by Gasteiger charge is 2.01. The van der Waals surface area contributed by atoms with Crippen LogP contribution in [0, 0.1) is 0 Å². The van der Waals surface area contributed by atoms with E-state index in [0.717, 1.165) is 13.4 Å². The third kappa shape index (κ3) is 3.66. The summed E-state index contributed by atoms with van der Waals surface area (Å²) in [6.07, 6.45) is 1.02. The Morgan fingerprint density at radius 1 is 1.40 bits per heavy atom. The van der Waals surface area contributed by atoms with E-state index < -0.39 is 11.7 Å². The lowest BCUT2D eigenvalue weighted by molar-refractivity contribution is -0.115. The lowest BCUT2D eigenvalue weighted by Crippen LogP contribution is -2.30. The van der Waals surface area contributed by atoms with E-state index in [1.54, 1.807) is 0 Å². The van der Waals surface area contributed by atoms with E-state index in [0.29, 0.717) is 0 Å². The Balaban J connectivity index is 3.67. The van der Waals surface area contributed by atoms with Gasteiger partial charge in [0.2, 0.25) is 5.91 Å². The van der Waals surface area contributed by atoms with E-state index in [9.17, 15) is 9.59 Å². The average Bonchev–Trinajstić information content (AvgIpc) is 1.88. The molecule has 4 heteroatoms. The Morgan fingerprint density at radius 2 is 2.00 bits per heavy atom. The number of hydrogen-bond acceptors (Lipinski definition) is 2. The summed E-state index contributed by atoms with van der Waals surface area (Å²) in [5, 5.41) is 2.01. The lowest BCUT2D eigenvalue weighted by Gasteiger charge is -1.94. The quantitative estimate of drug-likeness (QED) is 0.446. The smallest absolute Gasteiger partial charge is 0.262 e. The van der Waals surface area contributed by atoms with Crippen LogP contribution in [-0.2, 0) is 4.79 Å². The fourth-order valence-corrected chi connectivity index (χ4v) is 0.321. The van der Waals surface area contributed by atoms with Crippen molar-refractivity contribution >= 4 is 19.0 Å². The zero-order valence-corrected chi connectivity index (χ0v) is 5.46. The van der Waals surface area contributed by atoms with Crippen LogP contribution in [0.25, 0.3) is 0 Å². The largest absolute Gasteiger partial charge is 0.302 e. The number of hydrogen-bond donors (Lipinski definition) is 1. The monoisotopic (exact) mass is 136 g/mol. The van der Waals surface area contributed by atoms with E-state index in [4.69, 9.17) is 0 Å². The van der Waals surface area contributed by atoms with Crippen molar-refractivity contribution in [3.63, 3.8) is 0 Å². The summed E-state index contributed by atoms with van der Waals surface area (Å²) in [4.78, 5) is 20.9. The van der Waals surface area contributed by atoms with Gasteiger partial charge in [-0.25, -0.2) is 0 Å². The van der Waals surface area contributed by atoms with Crippen LogP contribution in [0.15, 0.2) is 25.2 Å². The van der Waals surface area contributed by atoms with E-state index >= 15 is 0 Å². The van der Waals surface area contributed by atoms with E-state index in [1.807, 2.05) is 5.32 Å². The Labute approximate surface area is 60.0 Å². The van der Waals surface area contributed by atoms with Crippen LogP contribution in [0.4, 0.5) is 4.79 Å². The second kappa shape index (κ2) is 4.55. The van der Waals surface area contributed by atoms with Crippen molar-refractivity contribution in [1.82, 2.24) is 5.32 Å². The van der Waals surface area contributed by atoms with Crippen molar-refractivity contribution < 1.29 is 9.59 Å². The van der Waals surface area contributed by atoms with Crippen LogP contribution in [0.1, 0.15) is 0 Å². The minimum Gasteiger partial charge on any atom is -0.302 e. The SMILES string of the molecule is C=C[B]C(=O)NC(=O)C=C. The standard InChI is InChI=1S/C6H7BNO2/c1-3-5(9)8-6(10)7-4-2/h3-4H,1-2H2,(H,8,9,10). The molecular weight excluding hydrogens is 129 g/mol. The summed E-state index contributed by atoms with van der Waals surface area (Å²) in [6.45, 7) is 6.45. The molecule has 0 spiro atoms. The highest BCUT2D eigenvalue weighted by Crippen LogP contribution is 1.71. The molecule has 10 heavy (non-hydrogen) atoms. The molecule has 2 amide bonds. The number of carbonyl (C=O) groups excluding carboxylic acids is 2. The Kier molecular flexibility index (Phi) is 3.95. The summed E-state index contributed by atoms with van der Waals surface area (Å²) in [7, 11) is 1.15. The molecule has 0 aliphatic carbocycles. The molecule has 1 N–H and O–H groups in total. The van der Waals surface area contributed by atoms with Gasteiger partial charge in [0.25, 0.3) is 7.28 Å². The first-order valence-electron chi connectivity index (χ1n) is 2.64. The highest BCUT2D eigenvalue weighted by atomic mass is 16.2. The van der Waals surface area contributed by atoms with Crippen molar-refractivity contribution in [2.45, 2.75) is 0 Å². The average molecular weight is 136 g/mol. The molecule has 0 aliphatic heterocycles. The van der Waals surface area contributed by atoms with Crippen molar-refractivity contribution in [2.75, 3.05) is 0 Å². The molecule has 51 valence electrons. The number of carbonyl (C=O) groups is 2. The van der Waals surface area contributed by atoms with E-state index in [1.165, 1.54) is 5.98 Å². The molecule has 0 fully saturated rings. The molecule has 3 nitrogen and oxygen atoms in total. The fraction of sp³-hybridized carbons (Fsp3) is 0. The molecule has 0 bridgehead atoms. The molecule has 0 unspecified atom stereocenters. The van der Waals surface area contributed by atoms with Crippen molar-refractivity contribution in [3.05, 3.63) is 25.2 Å². The zero-order chi connectivity index (χ0) is 7.98. The summed E-state index contributed by atoms with van der Waals surface area (Å²) >= 11 is 0. The molecule has 0 heterocycles. The van der Waals surface area contributed by atoms with Crippen LogP contribution in [0.5, 0.6) is 0 Å². The normalized spacial score (nSPS) is 7.60. The lowest BCUT2D eigenvalue weighted by atomic mass is 9.78. The summed E-state index contributed by atoms with van der Waals surface area (Å²) in [5.74, 6) is 0.300. The van der Waals surface area contributed by atoms with Gasteiger partial charge >= 0.3 is 0 Å². The predicted octanol–water partition coefficient (Wildman–Crippen LogP) is 0.256. The number of rotatable bonds is 3. The molecule has 0 saturated heterocycles. The molecule has 0 aromatic heterocycles. The van der Waals surface area contributed by atoms with Crippen LogP contribution < -0.4 is 5.32 Å². The summed E-state index contributed by atoms with van der Waals surface area (Å²) in [6, 6.07) is 0. The molecule has 0 saturated carbocycles. The number of nitrogens with one attached hydrogen (secondary N) is 1. The first-order chi connectivity index (χ1) is 4.70. The van der Waals surface area contributed by atoms with Crippen LogP contribution >= 0.6 is 0 Å². The van der Waals surface area contributed by atoms with Gasteiger partial charge in [-0.3, -0.25) is 9.59 Å². The van der Waals surface area contributed by atoms with Gasteiger partial charge in [-0.1, -0.05) is 6.58 Å². The van der Waals surface area contributed by atoms with Gasteiger partial charge in [-0.05, 0) is 6.08 Å². The number of imide groups is 1. The molecule has 0 rings (SSSR count). The van der Waals surface area contributed by atoms with Gasteiger partial charge in [-0.2, -0.15) is 0 Å². The van der Waals surface area contributed by atoms with Crippen molar-refractivity contribution in [2.24, 2.45) is 0 Å². The third-order valence-corrected chi connectivity index (χ3v) is 0.701. The van der Waals surface area contributed by atoms with Crippen LogP contribution in [0.3, 0.4) is 0 Å². The highest BCUT2D eigenvalue weighted by molar-refractivity contribution is 6.78. The molecule has 0 atom stereocenters. The second-order valence-electron chi connectivity index (χ2n) is 1.46. The Morgan fingerprint density at radius 3 is 2.40 bits per heavy atom. The van der Waals surface area contributed by atoms with Gasteiger partial charge in [0, 0.05) is 0 Å². The molecular formula is C6H7BNO2. The zero-order valence-electron chi connectivity index (χ0n) is 5.46. The molecule has 0 aromatic rings. The maximum atomic E-state index is 10.5. The maximum absolute atomic E-state index is 10.5. The van der Waals surface area contributed by atoms with Gasteiger partial charge in [0.1, 0.15) is 0 Å². The van der Waals surface area contributed by atoms with Gasteiger partial charge in [0.15, 0.2) is 5.81 Å². The molecule has 0 aliphatic rings. The van der Waals surface area contributed by atoms with Gasteiger partial charge in [0.05, 0.1) is 0 Å². The number of amides is 2. The second-order valence-corrected chi connectivity index (χ2v) is 1.46. The molecule has 0 aromatic carbocycles. The summed E-state index contributed by atoms with van der Waals surface area (Å²) in [5.41, 5.74) is 0. The van der Waals surface area contributed by atoms with E-state index in [2.05, 4.69) is 13.2 Å². The maximum Gasteiger partial charge on any atom is 0.262 e. The van der Waals surface area contributed by atoms with E-state index in [-0.39, 0.29) is 0 Å². The van der Waals surface area contributed by atoms with Crippen molar-refractivity contribution in [3.8, 4) is 0 Å². The topological polar surface area (TPSA) is 46.2 Å². The van der Waals surface area contributed by atoms with Crippen LogP contribution in [-0.4, -0.2) is 19.0 Å². The first-order valence-corrected chi connectivity index (χ1v) is 2.64. The Bertz CT molecular complexity index is 177. The predicted molar refractivity (Wildman–Crippen MR) is 39.7 cm³/mol. The molecule has 1 radical (unpaired) electrons.